The molecule has 0 amide bonds. The fourth-order valence-corrected chi connectivity index (χ4v) is 1.94. The molecule has 5 heteroatoms. The van der Waals surface area contributed by atoms with Crippen molar-refractivity contribution < 1.29 is 0 Å². The summed E-state index contributed by atoms with van der Waals surface area (Å²) in [7, 11) is 0. The molecule has 84 valence electrons. The third-order valence-electron chi connectivity index (χ3n) is 2.64. The van der Waals surface area contributed by atoms with E-state index in [1.807, 2.05) is 25.1 Å². The van der Waals surface area contributed by atoms with Crippen LogP contribution in [0.2, 0.25) is 5.02 Å². The van der Waals surface area contributed by atoms with Crippen molar-refractivity contribution in [1.29, 1.82) is 0 Å². The number of fused-ring (bicyclic) bond motifs is 1. The van der Waals surface area contributed by atoms with Gasteiger partial charge in [-0.15, -0.1) is 0 Å². The van der Waals surface area contributed by atoms with Gasteiger partial charge in [-0.25, -0.2) is 9.97 Å². The van der Waals surface area contributed by atoms with Crippen molar-refractivity contribution in [3.05, 3.63) is 41.3 Å². The van der Waals surface area contributed by atoms with Crippen LogP contribution < -0.4 is 0 Å². The fraction of sp³-hybridized carbons (Fsp3) is 0.0833. The number of halogens is 1. The van der Waals surface area contributed by atoms with Gasteiger partial charge in [-0.2, -0.15) is 5.10 Å². The molecule has 3 rings (SSSR count). The Hall–Kier alpha value is -1.94. The normalized spacial score (nSPS) is 10.9. The van der Waals surface area contributed by atoms with E-state index in [-0.39, 0.29) is 0 Å². The van der Waals surface area contributed by atoms with Gasteiger partial charge < -0.3 is 0 Å². The van der Waals surface area contributed by atoms with Crippen molar-refractivity contribution in [3.63, 3.8) is 0 Å². The van der Waals surface area contributed by atoms with Crippen LogP contribution in [0.5, 0.6) is 0 Å². The number of aromatic nitrogens is 4. The first-order valence-electron chi connectivity index (χ1n) is 5.17. The summed E-state index contributed by atoms with van der Waals surface area (Å²) < 4.78 is 0. The highest BCUT2D eigenvalue weighted by atomic mass is 35.5. The quantitative estimate of drug-likeness (QED) is 0.716. The van der Waals surface area contributed by atoms with Crippen LogP contribution in [-0.2, 0) is 0 Å². The van der Waals surface area contributed by atoms with Gasteiger partial charge in [-0.1, -0.05) is 17.7 Å². The summed E-state index contributed by atoms with van der Waals surface area (Å²) in [6.07, 6.45) is 3.47. The van der Waals surface area contributed by atoms with Crippen LogP contribution in [0.3, 0.4) is 0 Å². The van der Waals surface area contributed by atoms with Gasteiger partial charge in [0.05, 0.1) is 22.3 Å². The summed E-state index contributed by atoms with van der Waals surface area (Å²) in [4.78, 5) is 8.80. The molecule has 0 aliphatic rings. The van der Waals surface area contributed by atoms with Crippen molar-refractivity contribution in [2.75, 3.05) is 0 Å². The zero-order chi connectivity index (χ0) is 11.8. The van der Waals surface area contributed by atoms with Crippen LogP contribution in [-0.4, -0.2) is 20.2 Å². The predicted octanol–water partition coefficient (Wildman–Crippen LogP) is 2.98. The van der Waals surface area contributed by atoms with Gasteiger partial charge in [-0.05, 0) is 19.1 Å². The summed E-state index contributed by atoms with van der Waals surface area (Å²) in [6, 6.07) is 5.63. The van der Waals surface area contributed by atoms with E-state index < -0.39 is 0 Å². The monoisotopic (exact) mass is 244 g/mol. The van der Waals surface area contributed by atoms with Crippen LogP contribution in [0.25, 0.3) is 22.3 Å². The molecule has 0 unspecified atom stereocenters. The van der Waals surface area contributed by atoms with Gasteiger partial charge >= 0.3 is 0 Å². The van der Waals surface area contributed by atoms with Crippen LogP contribution >= 0.6 is 11.6 Å². The molecule has 0 saturated carbocycles. The highest BCUT2D eigenvalue weighted by molar-refractivity contribution is 6.35. The number of hydrogen-bond acceptors (Lipinski definition) is 3. The zero-order valence-corrected chi connectivity index (χ0v) is 9.86. The molecule has 2 aromatic heterocycles. The Labute approximate surface area is 103 Å². The third kappa shape index (κ3) is 1.66. The minimum absolute atomic E-state index is 0.658. The minimum atomic E-state index is 0.658. The first-order valence-corrected chi connectivity index (χ1v) is 5.55. The number of rotatable bonds is 1. The molecule has 0 spiro atoms. The van der Waals surface area contributed by atoms with Gasteiger partial charge in [0, 0.05) is 17.3 Å². The Balaban J connectivity index is 2.24. The molecule has 3 aromatic rings. The average Bonchev–Trinajstić information content (AvgIpc) is 2.75. The second-order valence-electron chi connectivity index (χ2n) is 3.77. The zero-order valence-electron chi connectivity index (χ0n) is 9.11. The Morgan fingerprint density at radius 1 is 1.24 bits per heavy atom. The van der Waals surface area contributed by atoms with Crippen molar-refractivity contribution in [2.24, 2.45) is 0 Å². The van der Waals surface area contributed by atoms with E-state index in [2.05, 4.69) is 20.2 Å². The number of aryl methyl sites for hydroxylation is 1. The smallest absolute Gasteiger partial charge is 0.163 e. The molecule has 0 aliphatic carbocycles. The molecule has 0 saturated heterocycles. The maximum Gasteiger partial charge on any atom is 0.163 e. The molecule has 0 atom stereocenters. The van der Waals surface area contributed by atoms with Gasteiger partial charge in [0.15, 0.2) is 5.82 Å². The Morgan fingerprint density at radius 2 is 2.12 bits per heavy atom. The summed E-state index contributed by atoms with van der Waals surface area (Å²) in [5, 5.41) is 8.36. The highest BCUT2D eigenvalue weighted by Crippen LogP contribution is 2.24. The Bertz CT molecular complexity index is 690. The maximum atomic E-state index is 6.07. The van der Waals surface area contributed by atoms with E-state index in [0.29, 0.717) is 10.8 Å². The lowest BCUT2D eigenvalue weighted by molar-refractivity contribution is 1.05. The molecule has 0 aliphatic heterocycles. The first-order chi connectivity index (χ1) is 8.25. The SMILES string of the molecule is Cc1[nH]ncc1-c1ncc2c(Cl)cccc2n1. The number of aromatic amines is 1. The standard InChI is InChI=1S/C12H9ClN4/c1-7-8(6-15-17-7)12-14-5-9-10(13)3-2-4-11(9)16-12/h2-6H,1H3,(H,15,17). The van der Waals surface area contributed by atoms with Crippen LogP contribution in [0.15, 0.2) is 30.6 Å². The lowest BCUT2D eigenvalue weighted by Crippen LogP contribution is -1.90. The Kier molecular flexibility index (Phi) is 2.30. The summed E-state index contributed by atoms with van der Waals surface area (Å²) >= 11 is 6.07. The number of benzene rings is 1. The second-order valence-corrected chi connectivity index (χ2v) is 4.18. The number of H-pyrrole nitrogens is 1. The van der Waals surface area contributed by atoms with Crippen LogP contribution in [0.4, 0.5) is 0 Å². The molecule has 0 bridgehead atoms. The largest absolute Gasteiger partial charge is 0.282 e. The van der Waals surface area contributed by atoms with E-state index in [1.165, 1.54) is 0 Å². The van der Waals surface area contributed by atoms with Crippen LogP contribution in [0.1, 0.15) is 5.69 Å². The lowest BCUT2D eigenvalue weighted by Gasteiger charge is -2.02. The number of hydrogen-bond donors (Lipinski definition) is 1. The molecule has 1 aromatic carbocycles. The van der Waals surface area contributed by atoms with Gasteiger partial charge in [0.2, 0.25) is 0 Å². The summed E-state index contributed by atoms with van der Waals surface area (Å²) in [5.41, 5.74) is 2.70. The van der Waals surface area contributed by atoms with Gasteiger partial charge in [-0.3, -0.25) is 5.10 Å². The minimum Gasteiger partial charge on any atom is -0.282 e. The average molecular weight is 245 g/mol. The highest BCUT2D eigenvalue weighted by Gasteiger charge is 2.08. The first kappa shape index (κ1) is 10.2. The molecule has 0 fully saturated rings. The number of nitrogens with one attached hydrogen (secondary N) is 1. The fourth-order valence-electron chi connectivity index (χ4n) is 1.73. The molecular weight excluding hydrogens is 236 g/mol. The third-order valence-corrected chi connectivity index (χ3v) is 2.97. The van der Waals surface area contributed by atoms with Crippen molar-refractivity contribution >= 4 is 22.5 Å². The van der Waals surface area contributed by atoms with E-state index in [1.54, 1.807) is 12.4 Å². The molecule has 2 heterocycles. The number of nitrogens with zero attached hydrogens (tertiary/aromatic N) is 3. The lowest BCUT2D eigenvalue weighted by atomic mass is 10.2. The van der Waals surface area contributed by atoms with E-state index >= 15 is 0 Å². The summed E-state index contributed by atoms with van der Waals surface area (Å²) in [5.74, 6) is 0.658. The van der Waals surface area contributed by atoms with E-state index in [0.717, 1.165) is 22.2 Å². The van der Waals surface area contributed by atoms with E-state index in [9.17, 15) is 0 Å². The van der Waals surface area contributed by atoms with Gasteiger partial charge in [0.1, 0.15) is 0 Å². The second kappa shape index (κ2) is 3.82. The molecule has 4 nitrogen and oxygen atoms in total. The molecule has 1 N–H and O–H groups in total. The molecular formula is C12H9ClN4. The van der Waals surface area contributed by atoms with Crippen molar-refractivity contribution in [3.8, 4) is 11.4 Å². The van der Waals surface area contributed by atoms with E-state index in [4.69, 9.17) is 11.6 Å². The van der Waals surface area contributed by atoms with Crippen molar-refractivity contribution in [1.82, 2.24) is 20.2 Å². The Morgan fingerprint density at radius 3 is 2.88 bits per heavy atom. The predicted molar refractivity (Wildman–Crippen MR) is 66.9 cm³/mol. The van der Waals surface area contributed by atoms with Crippen LogP contribution in [0, 0.1) is 6.92 Å². The topological polar surface area (TPSA) is 54.5 Å². The van der Waals surface area contributed by atoms with Crippen molar-refractivity contribution in [2.45, 2.75) is 6.92 Å². The molecule has 17 heavy (non-hydrogen) atoms. The van der Waals surface area contributed by atoms with Gasteiger partial charge in [0.25, 0.3) is 0 Å². The summed E-state index contributed by atoms with van der Waals surface area (Å²) in [6.45, 7) is 1.94. The molecule has 0 radical (unpaired) electrons. The maximum absolute atomic E-state index is 6.07.